The third-order valence-corrected chi connectivity index (χ3v) is 2.89. The van der Waals surface area contributed by atoms with Crippen LogP contribution in [0.5, 0.6) is 0 Å². The predicted molar refractivity (Wildman–Crippen MR) is 59.5 cm³/mol. The maximum atomic E-state index is 11.1. The van der Waals surface area contributed by atoms with E-state index < -0.39 is 7.82 Å². The molecular weight excluding hydrogens is 217 g/mol. The topological polar surface area (TPSA) is 81.8 Å². The molecule has 92 valence electrons. The number of phosphoric ester groups is 1. The zero-order chi connectivity index (χ0) is 11.6. The highest BCUT2D eigenvalue weighted by molar-refractivity contribution is 7.47. The molecule has 0 aliphatic heterocycles. The van der Waals surface area contributed by atoms with Gasteiger partial charge in [-0.25, -0.2) is 4.57 Å². The Labute approximate surface area is 91.6 Å². The SMILES string of the molecule is CCCCCCCOP(=O)(O)OCCN. The molecule has 0 aromatic heterocycles. The number of hydrogen-bond acceptors (Lipinski definition) is 4. The molecule has 0 fully saturated rings. The predicted octanol–water partition coefficient (Wildman–Crippen LogP) is 2.05. The number of nitrogens with two attached hydrogens (primary N) is 1. The fraction of sp³-hybridized carbons (Fsp3) is 1.00. The maximum Gasteiger partial charge on any atom is 0.472 e. The van der Waals surface area contributed by atoms with Crippen molar-refractivity contribution in [2.24, 2.45) is 5.73 Å². The minimum Gasteiger partial charge on any atom is -0.328 e. The van der Waals surface area contributed by atoms with Crippen molar-refractivity contribution in [1.82, 2.24) is 0 Å². The van der Waals surface area contributed by atoms with E-state index >= 15 is 0 Å². The largest absolute Gasteiger partial charge is 0.472 e. The first-order valence-corrected chi connectivity index (χ1v) is 6.94. The number of rotatable bonds is 10. The van der Waals surface area contributed by atoms with Crippen LogP contribution >= 0.6 is 7.82 Å². The van der Waals surface area contributed by atoms with Crippen LogP contribution in [-0.2, 0) is 13.6 Å². The molecule has 15 heavy (non-hydrogen) atoms. The monoisotopic (exact) mass is 239 g/mol. The first-order valence-electron chi connectivity index (χ1n) is 5.44. The second-order valence-electron chi connectivity index (χ2n) is 3.34. The van der Waals surface area contributed by atoms with Gasteiger partial charge in [-0.15, -0.1) is 0 Å². The summed E-state index contributed by atoms with van der Waals surface area (Å²) in [4.78, 5) is 9.10. The summed E-state index contributed by atoms with van der Waals surface area (Å²) in [6.07, 6.45) is 5.32. The summed E-state index contributed by atoms with van der Waals surface area (Å²) in [5, 5.41) is 0. The lowest BCUT2D eigenvalue weighted by molar-refractivity contribution is 0.150. The summed E-state index contributed by atoms with van der Waals surface area (Å²) in [5.74, 6) is 0. The molecule has 0 aliphatic rings. The van der Waals surface area contributed by atoms with Crippen molar-refractivity contribution in [3.63, 3.8) is 0 Å². The molecule has 0 radical (unpaired) electrons. The second kappa shape index (κ2) is 9.31. The summed E-state index contributed by atoms with van der Waals surface area (Å²) < 4.78 is 20.4. The van der Waals surface area contributed by atoms with E-state index in [-0.39, 0.29) is 19.8 Å². The van der Waals surface area contributed by atoms with Crippen LogP contribution in [0.25, 0.3) is 0 Å². The van der Waals surface area contributed by atoms with E-state index in [1.807, 2.05) is 0 Å². The minimum atomic E-state index is -3.84. The Balaban J connectivity index is 3.36. The van der Waals surface area contributed by atoms with Gasteiger partial charge in [-0.3, -0.25) is 9.05 Å². The van der Waals surface area contributed by atoms with Gasteiger partial charge in [-0.05, 0) is 6.42 Å². The lowest BCUT2D eigenvalue weighted by atomic mass is 10.2. The summed E-state index contributed by atoms with van der Waals surface area (Å²) in [6, 6.07) is 0. The van der Waals surface area contributed by atoms with Crippen LogP contribution in [0.3, 0.4) is 0 Å². The quantitative estimate of drug-likeness (QED) is 0.450. The molecule has 0 aromatic rings. The van der Waals surface area contributed by atoms with Crippen LogP contribution in [0.1, 0.15) is 39.0 Å². The summed E-state index contributed by atoms with van der Waals surface area (Å²) in [5.41, 5.74) is 5.13. The van der Waals surface area contributed by atoms with Gasteiger partial charge >= 0.3 is 7.82 Å². The van der Waals surface area contributed by atoms with Crippen LogP contribution in [0.4, 0.5) is 0 Å². The van der Waals surface area contributed by atoms with Gasteiger partial charge in [0.25, 0.3) is 0 Å². The summed E-state index contributed by atoms with van der Waals surface area (Å²) >= 11 is 0. The number of unbranched alkanes of at least 4 members (excludes halogenated alkanes) is 4. The van der Waals surface area contributed by atoms with Gasteiger partial charge < -0.3 is 10.6 Å². The molecule has 6 heteroatoms. The van der Waals surface area contributed by atoms with E-state index in [9.17, 15) is 4.57 Å². The Morgan fingerprint density at radius 2 is 1.73 bits per heavy atom. The van der Waals surface area contributed by atoms with Crippen molar-refractivity contribution in [2.45, 2.75) is 39.0 Å². The van der Waals surface area contributed by atoms with Crippen LogP contribution < -0.4 is 5.73 Å². The van der Waals surface area contributed by atoms with Gasteiger partial charge in [0.2, 0.25) is 0 Å². The van der Waals surface area contributed by atoms with E-state index in [0.29, 0.717) is 0 Å². The first kappa shape index (κ1) is 15.1. The average Bonchev–Trinajstić information content (AvgIpc) is 2.20. The lowest BCUT2D eigenvalue weighted by Gasteiger charge is -2.11. The van der Waals surface area contributed by atoms with Crippen molar-refractivity contribution in [3.05, 3.63) is 0 Å². The molecule has 0 saturated carbocycles. The average molecular weight is 239 g/mol. The van der Waals surface area contributed by atoms with Gasteiger partial charge in [0.15, 0.2) is 0 Å². The van der Waals surface area contributed by atoms with Gasteiger partial charge in [0.05, 0.1) is 13.2 Å². The maximum absolute atomic E-state index is 11.1. The Morgan fingerprint density at radius 1 is 1.13 bits per heavy atom. The van der Waals surface area contributed by atoms with E-state index in [0.717, 1.165) is 19.3 Å². The zero-order valence-corrected chi connectivity index (χ0v) is 10.2. The van der Waals surface area contributed by atoms with Crippen molar-refractivity contribution in [2.75, 3.05) is 19.8 Å². The number of phosphoric acid groups is 1. The van der Waals surface area contributed by atoms with Gasteiger partial charge in [0.1, 0.15) is 0 Å². The second-order valence-corrected chi connectivity index (χ2v) is 4.79. The fourth-order valence-corrected chi connectivity index (χ4v) is 1.86. The highest BCUT2D eigenvalue weighted by Crippen LogP contribution is 2.42. The standard InChI is InChI=1S/C9H22NO4P/c1-2-3-4-5-6-8-13-15(11,12)14-9-7-10/h2-10H2,1H3,(H,11,12). The Hall–Kier alpha value is 0.0700. The highest BCUT2D eigenvalue weighted by Gasteiger charge is 2.19. The zero-order valence-electron chi connectivity index (χ0n) is 9.35. The molecule has 1 unspecified atom stereocenters. The molecule has 5 nitrogen and oxygen atoms in total. The van der Waals surface area contributed by atoms with Crippen LogP contribution in [0, 0.1) is 0 Å². The van der Waals surface area contributed by atoms with Crippen molar-refractivity contribution in [3.8, 4) is 0 Å². The highest BCUT2D eigenvalue weighted by atomic mass is 31.2. The Bertz CT molecular complexity index is 189. The fourth-order valence-electron chi connectivity index (χ4n) is 1.09. The van der Waals surface area contributed by atoms with Crippen molar-refractivity contribution in [1.29, 1.82) is 0 Å². The third-order valence-electron chi connectivity index (χ3n) is 1.87. The van der Waals surface area contributed by atoms with Crippen LogP contribution in [0.15, 0.2) is 0 Å². The number of hydrogen-bond donors (Lipinski definition) is 2. The lowest BCUT2D eigenvalue weighted by Crippen LogP contribution is -2.08. The van der Waals surface area contributed by atoms with E-state index in [4.69, 9.17) is 15.2 Å². The van der Waals surface area contributed by atoms with Crippen LogP contribution in [-0.4, -0.2) is 24.7 Å². The molecule has 0 amide bonds. The molecule has 0 spiro atoms. The molecular formula is C9H22NO4P. The smallest absolute Gasteiger partial charge is 0.328 e. The third kappa shape index (κ3) is 10.4. The molecule has 0 bridgehead atoms. The Morgan fingerprint density at radius 3 is 2.33 bits per heavy atom. The van der Waals surface area contributed by atoms with E-state index in [1.54, 1.807) is 0 Å². The molecule has 0 aliphatic carbocycles. The van der Waals surface area contributed by atoms with Crippen molar-refractivity contribution < 1.29 is 18.5 Å². The molecule has 0 saturated heterocycles. The van der Waals surface area contributed by atoms with Gasteiger partial charge in [-0.1, -0.05) is 32.6 Å². The minimum absolute atomic E-state index is 0.0453. The van der Waals surface area contributed by atoms with E-state index in [2.05, 4.69) is 11.4 Å². The molecule has 1 atom stereocenters. The normalized spacial score (nSPS) is 15.1. The van der Waals surface area contributed by atoms with E-state index in [1.165, 1.54) is 12.8 Å². The molecule has 0 rings (SSSR count). The van der Waals surface area contributed by atoms with Gasteiger partial charge in [0, 0.05) is 6.54 Å². The summed E-state index contributed by atoms with van der Waals surface area (Å²) in [6.45, 7) is 2.66. The Kier molecular flexibility index (Phi) is 9.35. The molecule has 3 N–H and O–H groups in total. The molecule has 0 aromatic carbocycles. The van der Waals surface area contributed by atoms with Crippen molar-refractivity contribution >= 4 is 7.82 Å². The van der Waals surface area contributed by atoms with Gasteiger partial charge in [-0.2, -0.15) is 0 Å². The molecule has 0 heterocycles. The van der Waals surface area contributed by atoms with Crippen LogP contribution in [0.2, 0.25) is 0 Å². The summed E-state index contributed by atoms with van der Waals surface area (Å²) in [7, 11) is -3.84. The first-order chi connectivity index (χ1) is 7.12.